The van der Waals surface area contributed by atoms with Gasteiger partial charge in [0, 0.05) is 28.2 Å². The Hall–Kier alpha value is -1.36. The SMILES string of the molecule is O=C(Nc1ccc(Br)cc1)C1C(C=NO)C2CCC1C21CC1. The van der Waals surface area contributed by atoms with Crippen LogP contribution in [0.2, 0.25) is 0 Å². The smallest absolute Gasteiger partial charge is 0.228 e. The van der Waals surface area contributed by atoms with Crippen LogP contribution in [-0.2, 0) is 4.79 Å². The number of benzene rings is 1. The lowest BCUT2D eigenvalue weighted by Gasteiger charge is -2.26. The van der Waals surface area contributed by atoms with Crippen LogP contribution in [0, 0.1) is 29.1 Å². The molecule has 1 aromatic carbocycles. The largest absolute Gasteiger partial charge is 0.411 e. The van der Waals surface area contributed by atoms with Crippen molar-refractivity contribution < 1.29 is 10.0 Å². The summed E-state index contributed by atoms with van der Waals surface area (Å²) in [6.45, 7) is 0. The highest BCUT2D eigenvalue weighted by atomic mass is 79.9. The minimum atomic E-state index is -0.0548. The standard InChI is InChI=1S/C17H19BrN2O2/c18-10-1-3-11(4-2-10)20-16(21)15-12(9-19-22)13-5-6-14(15)17(13)7-8-17/h1-4,9,12-15,22H,5-8H2,(H,20,21). The van der Waals surface area contributed by atoms with Crippen LogP contribution in [0.3, 0.4) is 0 Å². The van der Waals surface area contributed by atoms with Gasteiger partial charge in [0.2, 0.25) is 5.91 Å². The maximum absolute atomic E-state index is 12.8. The van der Waals surface area contributed by atoms with Gasteiger partial charge in [-0.15, -0.1) is 5.16 Å². The lowest BCUT2D eigenvalue weighted by atomic mass is 9.79. The highest BCUT2D eigenvalue weighted by Crippen LogP contribution is 2.74. The highest BCUT2D eigenvalue weighted by Gasteiger charge is 2.69. The van der Waals surface area contributed by atoms with Crippen LogP contribution in [0.1, 0.15) is 25.7 Å². The summed E-state index contributed by atoms with van der Waals surface area (Å²) in [4.78, 5) is 12.8. The van der Waals surface area contributed by atoms with E-state index in [1.165, 1.54) is 19.3 Å². The van der Waals surface area contributed by atoms with Gasteiger partial charge >= 0.3 is 0 Å². The van der Waals surface area contributed by atoms with Crippen molar-refractivity contribution in [1.82, 2.24) is 0 Å². The van der Waals surface area contributed by atoms with E-state index < -0.39 is 0 Å². The molecule has 4 unspecified atom stereocenters. The predicted molar refractivity (Wildman–Crippen MR) is 87.9 cm³/mol. The van der Waals surface area contributed by atoms with Crippen molar-refractivity contribution in [2.75, 3.05) is 5.32 Å². The van der Waals surface area contributed by atoms with E-state index in [9.17, 15) is 4.79 Å². The first-order valence-electron chi connectivity index (χ1n) is 7.90. The van der Waals surface area contributed by atoms with E-state index in [-0.39, 0.29) is 17.7 Å². The van der Waals surface area contributed by atoms with Gasteiger partial charge in [0.05, 0.1) is 0 Å². The summed E-state index contributed by atoms with van der Waals surface area (Å²) in [6, 6.07) is 7.64. The number of hydrogen-bond acceptors (Lipinski definition) is 3. The van der Waals surface area contributed by atoms with Crippen LogP contribution >= 0.6 is 15.9 Å². The molecule has 0 saturated heterocycles. The Morgan fingerprint density at radius 3 is 2.59 bits per heavy atom. The average molecular weight is 363 g/mol. The molecule has 0 aliphatic heterocycles. The van der Waals surface area contributed by atoms with E-state index in [0.29, 0.717) is 17.3 Å². The second kappa shape index (κ2) is 5.08. The molecule has 1 amide bonds. The molecule has 4 nitrogen and oxygen atoms in total. The van der Waals surface area contributed by atoms with Crippen molar-refractivity contribution in [3.63, 3.8) is 0 Å². The predicted octanol–water partition coefficient (Wildman–Crippen LogP) is 3.90. The fraction of sp³-hybridized carbons (Fsp3) is 0.529. The van der Waals surface area contributed by atoms with Crippen molar-refractivity contribution in [1.29, 1.82) is 0 Å². The third-order valence-electron chi connectivity index (χ3n) is 6.06. The first-order valence-corrected chi connectivity index (χ1v) is 8.69. The third-order valence-corrected chi connectivity index (χ3v) is 6.59. The van der Waals surface area contributed by atoms with E-state index in [2.05, 4.69) is 26.4 Å². The van der Waals surface area contributed by atoms with Gasteiger partial charge in [-0.25, -0.2) is 0 Å². The Kier molecular flexibility index (Phi) is 3.29. The van der Waals surface area contributed by atoms with Crippen LogP contribution in [0.4, 0.5) is 5.69 Å². The molecule has 3 saturated carbocycles. The molecule has 1 spiro atoms. The number of halogens is 1. The van der Waals surface area contributed by atoms with Gasteiger partial charge in [-0.1, -0.05) is 15.9 Å². The zero-order valence-corrected chi connectivity index (χ0v) is 13.8. The Morgan fingerprint density at radius 1 is 1.27 bits per heavy atom. The van der Waals surface area contributed by atoms with Crippen molar-refractivity contribution >= 4 is 33.7 Å². The Bertz CT molecular complexity index is 624. The molecule has 0 radical (unpaired) electrons. The van der Waals surface area contributed by atoms with Gasteiger partial charge in [-0.2, -0.15) is 0 Å². The van der Waals surface area contributed by atoms with E-state index >= 15 is 0 Å². The maximum Gasteiger partial charge on any atom is 0.228 e. The van der Waals surface area contributed by atoms with E-state index in [1.54, 1.807) is 6.21 Å². The molecule has 3 aliphatic rings. The molecule has 3 aliphatic carbocycles. The summed E-state index contributed by atoms with van der Waals surface area (Å²) in [5, 5.41) is 15.3. The zero-order chi connectivity index (χ0) is 15.3. The number of carbonyl (C=O) groups excluding carboxylic acids is 1. The number of carbonyl (C=O) groups is 1. The van der Waals surface area contributed by atoms with Gasteiger partial charge in [-0.05, 0) is 67.2 Å². The fourth-order valence-electron chi connectivity index (χ4n) is 5.12. The van der Waals surface area contributed by atoms with Crippen LogP contribution in [0.5, 0.6) is 0 Å². The fourth-order valence-corrected chi connectivity index (χ4v) is 5.38. The molecule has 116 valence electrons. The van der Waals surface area contributed by atoms with Crippen molar-refractivity contribution in [2.24, 2.45) is 34.2 Å². The van der Waals surface area contributed by atoms with Crippen molar-refractivity contribution in [3.8, 4) is 0 Å². The van der Waals surface area contributed by atoms with Gasteiger partial charge in [0.1, 0.15) is 0 Å². The second-order valence-corrected chi connectivity index (χ2v) is 7.80. The number of nitrogens with zero attached hydrogens (tertiary/aromatic N) is 1. The van der Waals surface area contributed by atoms with E-state index in [0.717, 1.165) is 16.6 Å². The summed E-state index contributed by atoms with van der Waals surface area (Å²) in [7, 11) is 0. The van der Waals surface area contributed by atoms with Crippen LogP contribution in [-0.4, -0.2) is 17.3 Å². The molecular weight excluding hydrogens is 344 g/mol. The molecule has 4 rings (SSSR count). The van der Waals surface area contributed by atoms with Gasteiger partial charge in [-0.3, -0.25) is 4.79 Å². The van der Waals surface area contributed by atoms with Crippen LogP contribution in [0.25, 0.3) is 0 Å². The first kappa shape index (κ1) is 14.2. The summed E-state index contributed by atoms with van der Waals surface area (Å²) in [5.74, 6) is 1.08. The molecular formula is C17H19BrN2O2. The first-order chi connectivity index (χ1) is 10.7. The van der Waals surface area contributed by atoms with Gasteiger partial charge < -0.3 is 10.5 Å². The summed E-state index contributed by atoms with van der Waals surface area (Å²) < 4.78 is 0.993. The zero-order valence-electron chi connectivity index (χ0n) is 12.2. The number of rotatable bonds is 3. The van der Waals surface area contributed by atoms with Crippen LogP contribution < -0.4 is 5.32 Å². The molecule has 2 bridgehead atoms. The number of amides is 1. The third kappa shape index (κ3) is 2.02. The molecule has 0 heterocycles. The van der Waals surface area contributed by atoms with Crippen molar-refractivity contribution in [2.45, 2.75) is 25.7 Å². The molecule has 1 aromatic rings. The Balaban J connectivity index is 1.57. The minimum absolute atomic E-state index is 0.0548. The van der Waals surface area contributed by atoms with Crippen molar-refractivity contribution in [3.05, 3.63) is 28.7 Å². The summed E-state index contributed by atoms with van der Waals surface area (Å²) in [5.41, 5.74) is 1.19. The number of anilines is 1. The summed E-state index contributed by atoms with van der Waals surface area (Å²) in [6.07, 6.45) is 6.39. The normalized spacial score (nSPS) is 34.4. The average Bonchev–Trinajstić information content (AvgIpc) is 3.17. The second-order valence-electron chi connectivity index (χ2n) is 6.89. The topological polar surface area (TPSA) is 61.7 Å². The monoisotopic (exact) mass is 362 g/mol. The van der Waals surface area contributed by atoms with Crippen LogP contribution in [0.15, 0.2) is 33.9 Å². The van der Waals surface area contributed by atoms with E-state index in [4.69, 9.17) is 5.21 Å². The van der Waals surface area contributed by atoms with Gasteiger partial charge in [0.15, 0.2) is 0 Å². The lowest BCUT2D eigenvalue weighted by molar-refractivity contribution is -0.122. The Labute approximate surface area is 138 Å². The van der Waals surface area contributed by atoms with Gasteiger partial charge in [0.25, 0.3) is 0 Å². The number of nitrogens with one attached hydrogen (secondary N) is 1. The van der Waals surface area contributed by atoms with E-state index in [1.807, 2.05) is 24.3 Å². The highest BCUT2D eigenvalue weighted by molar-refractivity contribution is 9.10. The minimum Gasteiger partial charge on any atom is -0.411 e. The quantitative estimate of drug-likeness (QED) is 0.486. The molecule has 0 aromatic heterocycles. The lowest BCUT2D eigenvalue weighted by Crippen LogP contribution is -2.34. The molecule has 22 heavy (non-hydrogen) atoms. The molecule has 4 atom stereocenters. The summed E-state index contributed by atoms with van der Waals surface area (Å²) >= 11 is 3.40. The Morgan fingerprint density at radius 2 is 1.95 bits per heavy atom. The number of oxime groups is 1. The maximum atomic E-state index is 12.8. The molecule has 2 N–H and O–H groups in total. The molecule has 3 fully saturated rings. The molecule has 5 heteroatoms. The number of hydrogen-bond donors (Lipinski definition) is 2.